The van der Waals surface area contributed by atoms with Crippen molar-refractivity contribution in [1.29, 1.82) is 0 Å². The Hall–Kier alpha value is -1.74. The molecule has 2 rings (SSSR count). The van der Waals surface area contributed by atoms with E-state index in [0.29, 0.717) is 0 Å². The Morgan fingerprint density at radius 2 is 2.22 bits per heavy atom. The third-order valence-electron chi connectivity index (χ3n) is 2.16. The van der Waals surface area contributed by atoms with Gasteiger partial charge in [-0.15, -0.1) is 11.3 Å². The molecule has 0 saturated carbocycles. The molecular weight excluding hydrogens is 280 g/mol. The SMILES string of the molecule is O=C(O)c1csc(C(=O)NC2C=CS(=O)(=O)C2)n1. The molecule has 0 bridgehead atoms. The van der Waals surface area contributed by atoms with Crippen LogP contribution in [0, 0.1) is 0 Å². The van der Waals surface area contributed by atoms with Crippen LogP contribution in [0.3, 0.4) is 0 Å². The molecule has 0 aliphatic carbocycles. The fourth-order valence-corrected chi connectivity index (χ4v) is 3.30. The molecular formula is C9H8N2O5S2. The highest BCUT2D eigenvalue weighted by atomic mass is 32.2. The van der Waals surface area contributed by atoms with E-state index in [9.17, 15) is 18.0 Å². The summed E-state index contributed by atoms with van der Waals surface area (Å²) in [7, 11) is -3.24. The van der Waals surface area contributed by atoms with Crippen molar-refractivity contribution in [3.63, 3.8) is 0 Å². The predicted octanol–water partition coefficient (Wildman–Crippen LogP) is -0.118. The van der Waals surface area contributed by atoms with Crippen molar-refractivity contribution in [3.05, 3.63) is 27.6 Å². The highest BCUT2D eigenvalue weighted by Crippen LogP contribution is 2.12. The van der Waals surface area contributed by atoms with E-state index in [1.54, 1.807) is 0 Å². The van der Waals surface area contributed by atoms with Crippen LogP contribution in [0.2, 0.25) is 0 Å². The maximum Gasteiger partial charge on any atom is 0.355 e. The van der Waals surface area contributed by atoms with Crippen LogP contribution in [-0.4, -0.2) is 42.2 Å². The minimum atomic E-state index is -3.24. The zero-order chi connectivity index (χ0) is 13.3. The zero-order valence-corrected chi connectivity index (χ0v) is 10.5. The molecule has 0 radical (unpaired) electrons. The van der Waals surface area contributed by atoms with Gasteiger partial charge in [-0.3, -0.25) is 4.79 Å². The molecule has 7 nitrogen and oxygen atoms in total. The Balaban J connectivity index is 2.04. The molecule has 0 spiro atoms. The Morgan fingerprint density at radius 3 is 2.72 bits per heavy atom. The van der Waals surface area contributed by atoms with Crippen LogP contribution in [0.4, 0.5) is 0 Å². The first kappa shape index (κ1) is 12.7. The molecule has 1 aromatic rings. The van der Waals surface area contributed by atoms with E-state index in [1.165, 1.54) is 11.5 Å². The van der Waals surface area contributed by atoms with Gasteiger partial charge < -0.3 is 10.4 Å². The zero-order valence-electron chi connectivity index (χ0n) is 8.86. The summed E-state index contributed by atoms with van der Waals surface area (Å²) in [6.45, 7) is 0. The van der Waals surface area contributed by atoms with E-state index in [4.69, 9.17) is 5.11 Å². The average Bonchev–Trinajstić information content (AvgIpc) is 2.85. The Labute approximate surface area is 106 Å². The van der Waals surface area contributed by atoms with Gasteiger partial charge in [0.15, 0.2) is 20.5 Å². The predicted molar refractivity (Wildman–Crippen MR) is 63.3 cm³/mol. The number of sulfone groups is 1. The number of hydrogen-bond acceptors (Lipinski definition) is 6. The molecule has 0 fully saturated rings. The molecule has 1 aromatic heterocycles. The molecule has 96 valence electrons. The summed E-state index contributed by atoms with van der Waals surface area (Å²) in [6, 6.07) is -0.598. The standard InChI is InChI=1S/C9H8N2O5S2/c12-7(8-11-6(3-17-8)9(13)14)10-5-1-2-18(15,16)4-5/h1-3,5H,4H2,(H,10,12)(H,13,14). The molecule has 0 saturated heterocycles. The molecule has 1 amide bonds. The summed E-state index contributed by atoms with van der Waals surface area (Å²) in [5.41, 5.74) is -0.209. The third kappa shape index (κ3) is 2.74. The summed E-state index contributed by atoms with van der Waals surface area (Å²) >= 11 is 0.892. The number of rotatable bonds is 3. The van der Waals surface area contributed by atoms with Crippen LogP contribution in [0.5, 0.6) is 0 Å². The van der Waals surface area contributed by atoms with E-state index in [2.05, 4.69) is 10.3 Å². The Morgan fingerprint density at radius 1 is 1.50 bits per heavy atom. The number of carbonyl (C=O) groups is 2. The van der Waals surface area contributed by atoms with Gasteiger partial charge in [0.2, 0.25) is 0 Å². The van der Waals surface area contributed by atoms with Gasteiger partial charge in [0.25, 0.3) is 5.91 Å². The van der Waals surface area contributed by atoms with Crippen molar-refractivity contribution in [2.45, 2.75) is 6.04 Å². The van der Waals surface area contributed by atoms with Gasteiger partial charge in [0.1, 0.15) is 0 Å². The second kappa shape index (κ2) is 4.50. The lowest BCUT2D eigenvalue weighted by molar-refractivity contribution is 0.0691. The van der Waals surface area contributed by atoms with E-state index in [1.807, 2.05) is 0 Å². The van der Waals surface area contributed by atoms with E-state index < -0.39 is 27.8 Å². The quantitative estimate of drug-likeness (QED) is 0.801. The number of carboxylic acid groups (broad SMARTS) is 1. The topological polar surface area (TPSA) is 113 Å². The molecule has 1 unspecified atom stereocenters. The van der Waals surface area contributed by atoms with E-state index >= 15 is 0 Å². The number of nitrogens with zero attached hydrogens (tertiary/aromatic N) is 1. The van der Waals surface area contributed by atoms with E-state index in [-0.39, 0.29) is 16.5 Å². The molecule has 2 N–H and O–H groups in total. The first-order valence-electron chi connectivity index (χ1n) is 4.78. The van der Waals surface area contributed by atoms with Crippen molar-refractivity contribution < 1.29 is 23.1 Å². The fourth-order valence-electron chi connectivity index (χ4n) is 1.37. The Bertz CT molecular complexity index is 631. The van der Waals surface area contributed by atoms with Gasteiger partial charge in [-0.05, 0) is 6.08 Å². The highest BCUT2D eigenvalue weighted by Gasteiger charge is 2.24. The average molecular weight is 288 g/mol. The van der Waals surface area contributed by atoms with Crippen LogP contribution >= 0.6 is 11.3 Å². The van der Waals surface area contributed by atoms with Gasteiger partial charge in [0.05, 0.1) is 11.8 Å². The summed E-state index contributed by atoms with van der Waals surface area (Å²) in [5.74, 6) is -1.98. The molecule has 1 aliphatic rings. The van der Waals surface area contributed by atoms with Gasteiger partial charge in [0, 0.05) is 10.8 Å². The van der Waals surface area contributed by atoms with Crippen molar-refractivity contribution in [2.75, 3.05) is 5.75 Å². The molecule has 2 heterocycles. The van der Waals surface area contributed by atoms with Crippen LogP contribution in [-0.2, 0) is 9.84 Å². The molecule has 18 heavy (non-hydrogen) atoms. The lowest BCUT2D eigenvalue weighted by atomic mass is 10.3. The maximum atomic E-state index is 11.7. The third-order valence-corrected chi connectivity index (χ3v) is 4.40. The molecule has 1 atom stereocenters. The number of hydrogen-bond donors (Lipinski definition) is 2. The van der Waals surface area contributed by atoms with Crippen molar-refractivity contribution >= 4 is 33.1 Å². The van der Waals surface area contributed by atoms with Gasteiger partial charge >= 0.3 is 5.97 Å². The van der Waals surface area contributed by atoms with Crippen LogP contribution < -0.4 is 5.32 Å². The fraction of sp³-hybridized carbons (Fsp3) is 0.222. The monoisotopic (exact) mass is 288 g/mol. The number of nitrogens with one attached hydrogen (secondary N) is 1. The number of thiazole rings is 1. The lowest BCUT2D eigenvalue weighted by Crippen LogP contribution is -2.35. The van der Waals surface area contributed by atoms with Gasteiger partial charge in [-0.1, -0.05) is 0 Å². The molecule has 1 aliphatic heterocycles. The van der Waals surface area contributed by atoms with Gasteiger partial charge in [-0.2, -0.15) is 0 Å². The second-order valence-corrected chi connectivity index (χ2v) is 6.37. The second-order valence-electron chi connectivity index (χ2n) is 3.58. The van der Waals surface area contributed by atoms with Crippen LogP contribution in [0.1, 0.15) is 20.3 Å². The molecule has 0 aromatic carbocycles. The van der Waals surface area contributed by atoms with Crippen LogP contribution in [0.15, 0.2) is 16.9 Å². The minimum Gasteiger partial charge on any atom is -0.476 e. The summed E-state index contributed by atoms with van der Waals surface area (Å²) in [6.07, 6.45) is 1.37. The number of carboxylic acids is 1. The smallest absolute Gasteiger partial charge is 0.355 e. The molecule has 9 heteroatoms. The number of aromatic carboxylic acids is 1. The maximum absolute atomic E-state index is 11.7. The minimum absolute atomic E-state index is 0.00917. The van der Waals surface area contributed by atoms with Crippen molar-refractivity contribution in [3.8, 4) is 0 Å². The first-order valence-corrected chi connectivity index (χ1v) is 7.37. The summed E-state index contributed by atoms with van der Waals surface area (Å²) in [4.78, 5) is 25.9. The summed E-state index contributed by atoms with van der Waals surface area (Å²) < 4.78 is 22.2. The first-order chi connectivity index (χ1) is 8.37. The van der Waals surface area contributed by atoms with Crippen molar-refractivity contribution in [2.24, 2.45) is 0 Å². The number of carbonyl (C=O) groups excluding carboxylic acids is 1. The largest absolute Gasteiger partial charge is 0.476 e. The number of amides is 1. The van der Waals surface area contributed by atoms with Crippen LogP contribution in [0.25, 0.3) is 0 Å². The Kier molecular flexibility index (Phi) is 3.18. The van der Waals surface area contributed by atoms with Gasteiger partial charge in [-0.25, -0.2) is 18.2 Å². The number of aromatic nitrogens is 1. The normalized spacial score (nSPS) is 20.8. The highest BCUT2D eigenvalue weighted by molar-refractivity contribution is 7.94. The lowest BCUT2D eigenvalue weighted by Gasteiger charge is -2.07. The van der Waals surface area contributed by atoms with Crippen molar-refractivity contribution in [1.82, 2.24) is 10.3 Å². The summed E-state index contributed by atoms with van der Waals surface area (Å²) in [5, 5.41) is 13.4. The van der Waals surface area contributed by atoms with E-state index in [0.717, 1.165) is 16.7 Å².